The zero-order valence-corrected chi connectivity index (χ0v) is 12.2. The van der Waals surface area contributed by atoms with Gasteiger partial charge in [0.15, 0.2) is 5.78 Å². The second-order valence-electron chi connectivity index (χ2n) is 4.53. The first kappa shape index (κ1) is 13.5. The minimum atomic E-state index is -0.488. The predicted octanol–water partition coefficient (Wildman–Crippen LogP) is 4.17. The van der Waals surface area contributed by atoms with E-state index in [1.807, 2.05) is 6.07 Å². The normalized spacial score (nSPS) is 10.5. The molecule has 0 aliphatic rings. The highest BCUT2D eigenvalue weighted by atomic mass is 79.9. The lowest BCUT2D eigenvalue weighted by atomic mass is 10.0. The molecule has 3 aromatic rings. The summed E-state index contributed by atoms with van der Waals surface area (Å²) in [5.41, 5.74) is 1.91. The van der Waals surface area contributed by atoms with Crippen molar-refractivity contribution in [2.45, 2.75) is 0 Å². The second kappa shape index (κ2) is 5.15. The van der Waals surface area contributed by atoms with Gasteiger partial charge in [-0.1, -0.05) is 0 Å². The number of carbonyl (C=O) groups excluding carboxylic acids is 1. The van der Waals surface area contributed by atoms with E-state index in [1.54, 1.807) is 30.5 Å². The summed E-state index contributed by atoms with van der Waals surface area (Å²) < 4.78 is 13.9. The molecule has 0 unspecified atom stereocenters. The summed E-state index contributed by atoms with van der Waals surface area (Å²) in [5.74, 6) is -0.777. The van der Waals surface area contributed by atoms with Gasteiger partial charge >= 0.3 is 0 Å². The summed E-state index contributed by atoms with van der Waals surface area (Å²) in [5, 5.41) is 9.60. The average molecular weight is 343 g/mol. The van der Waals surface area contributed by atoms with Gasteiger partial charge in [0.05, 0.1) is 16.1 Å². The molecular weight excluding hydrogens is 335 g/mol. The number of hydrogen-bond acceptors (Lipinski definition) is 2. The van der Waals surface area contributed by atoms with Crippen molar-refractivity contribution < 1.29 is 9.18 Å². The summed E-state index contributed by atoms with van der Waals surface area (Å²) in [4.78, 5) is 15.5. The van der Waals surface area contributed by atoms with Crippen molar-refractivity contribution in [1.29, 1.82) is 5.26 Å². The van der Waals surface area contributed by atoms with Crippen LogP contribution in [0.25, 0.3) is 10.9 Å². The highest BCUT2D eigenvalue weighted by molar-refractivity contribution is 9.10. The largest absolute Gasteiger partial charge is 0.360 e. The van der Waals surface area contributed by atoms with Gasteiger partial charge < -0.3 is 4.98 Å². The lowest BCUT2D eigenvalue weighted by Crippen LogP contribution is -2.01. The molecule has 5 heteroatoms. The first-order chi connectivity index (χ1) is 10.1. The minimum absolute atomic E-state index is 0.263. The second-order valence-corrected chi connectivity index (χ2v) is 5.39. The lowest BCUT2D eigenvalue weighted by molar-refractivity contribution is 0.104. The van der Waals surface area contributed by atoms with E-state index in [-0.39, 0.29) is 11.3 Å². The molecule has 102 valence electrons. The van der Waals surface area contributed by atoms with Crippen LogP contribution < -0.4 is 0 Å². The van der Waals surface area contributed by atoms with Crippen molar-refractivity contribution in [1.82, 2.24) is 4.98 Å². The van der Waals surface area contributed by atoms with Crippen LogP contribution in [0.3, 0.4) is 0 Å². The molecule has 21 heavy (non-hydrogen) atoms. The molecule has 3 rings (SSSR count). The Kier molecular flexibility index (Phi) is 3.32. The fourth-order valence-electron chi connectivity index (χ4n) is 2.17. The molecule has 0 aliphatic heterocycles. The zero-order chi connectivity index (χ0) is 15.0. The fourth-order valence-corrected chi connectivity index (χ4v) is 2.42. The standard InChI is InChI=1S/C16H8BrFN2O/c17-13-3-2-10(6-14(13)18)16(21)12-8-20-15-4-1-9(7-19)5-11(12)15/h1-6,8,20H. The quantitative estimate of drug-likeness (QED) is 0.710. The minimum Gasteiger partial charge on any atom is -0.360 e. The lowest BCUT2D eigenvalue weighted by Gasteiger charge is -2.02. The number of hydrogen-bond donors (Lipinski definition) is 1. The molecule has 0 saturated carbocycles. The molecular formula is C16H8BrFN2O. The Morgan fingerprint density at radius 3 is 2.76 bits per heavy atom. The third-order valence-electron chi connectivity index (χ3n) is 3.24. The highest BCUT2D eigenvalue weighted by Crippen LogP contribution is 2.24. The van der Waals surface area contributed by atoms with Crippen LogP contribution in [0, 0.1) is 17.1 Å². The van der Waals surface area contributed by atoms with Gasteiger partial charge in [-0.05, 0) is 52.3 Å². The number of fused-ring (bicyclic) bond motifs is 1. The van der Waals surface area contributed by atoms with Gasteiger partial charge in [0.25, 0.3) is 0 Å². The molecule has 0 spiro atoms. The topological polar surface area (TPSA) is 56.6 Å². The van der Waals surface area contributed by atoms with Crippen molar-refractivity contribution in [2.75, 3.05) is 0 Å². The Morgan fingerprint density at radius 2 is 2.05 bits per heavy atom. The van der Waals surface area contributed by atoms with E-state index in [4.69, 9.17) is 5.26 Å². The van der Waals surface area contributed by atoms with E-state index in [9.17, 15) is 9.18 Å². The SMILES string of the molecule is N#Cc1ccc2[nH]cc(C(=O)c3ccc(Br)c(F)c3)c2c1. The van der Waals surface area contributed by atoms with Crippen molar-refractivity contribution in [3.05, 3.63) is 69.6 Å². The molecule has 1 aromatic heterocycles. The fraction of sp³-hybridized carbons (Fsp3) is 0. The Labute approximate surface area is 128 Å². The van der Waals surface area contributed by atoms with Crippen molar-refractivity contribution in [3.8, 4) is 6.07 Å². The number of halogens is 2. The van der Waals surface area contributed by atoms with Crippen LogP contribution in [-0.4, -0.2) is 10.8 Å². The number of nitrogens with zero attached hydrogens (tertiary/aromatic N) is 1. The maximum Gasteiger partial charge on any atom is 0.195 e. The van der Waals surface area contributed by atoms with Crippen LogP contribution in [0.2, 0.25) is 0 Å². The molecule has 0 saturated heterocycles. The van der Waals surface area contributed by atoms with E-state index in [1.165, 1.54) is 12.1 Å². The number of ketones is 1. The van der Waals surface area contributed by atoms with Crippen molar-refractivity contribution in [2.24, 2.45) is 0 Å². The molecule has 1 heterocycles. The molecule has 0 amide bonds. The van der Waals surface area contributed by atoms with E-state index in [0.29, 0.717) is 21.0 Å². The van der Waals surface area contributed by atoms with Crippen LogP contribution >= 0.6 is 15.9 Å². The summed E-state index contributed by atoms with van der Waals surface area (Å²) in [7, 11) is 0. The van der Waals surface area contributed by atoms with Crippen LogP contribution in [0.5, 0.6) is 0 Å². The van der Waals surface area contributed by atoms with E-state index in [2.05, 4.69) is 20.9 Å². The molecule has 0 atom stereocenters. The number of aromatic nitrogens is 1. The van der Waals surface area contributed by atoms with Crippen LogP contribution in [0.15, 0.2) is 47.1 Å². The first-order valence-corrected chi connectivity index (χ1v) is 6.90. The molecule has 1 N–H and O–H groups in total. The van der Waals surface area contributed by atoms with E-state index in [0.717, 1.165) is 5.52 Å². The van der Waals surface area contributed by atoms with Gasteiger partial charge in [0.1, 0.15) is 5.82 Å². The van der Waals surface area contributed by atoms with Gasteiger partial charge in [-0.2, -0.15) is 5.26 Å². The van der Waals surface area contributed by atoms with E-state index >= 15 is 0 Å². The Morgan fingerprint density at radius 1 is 1.24 bits per heavy atom. The van der Waals surface area contributed by atoms with Gasteiger partial charge in [0, 0.05) is 28.2 Å². The number of H-pyrrole nitrogens is 1. The van der Waals surface area contributed by atoms with E-state index < -0.39 is 5.82 Å². The molecule has 0 fully saturated rings. The number of nitriles is 1. The summed E-state index contributed by atoms with van der Waals surface area (Å²) in [6.07, 6.45) is 1.58. The molecule has 2 aromatic carbocycles. The first-order valence-electron chi connectivity index (χ1n) is 6.11. The highest BCUT2D eigenvalue weighted by Gasteiger charge is 2.16. The van der Waals surface area contributed by atoms with Crippen molar-refractivity contribution in [3.63, 3.8) is 0 Å². The smallest absolute Gasteiger partial charge is 0.195 e. The Balaban J connectivity index is 2.13. The molecule has 0 radical (unpaired) electrons. The number of nitrogens with one attached hydrogen (secondary N) is 1. The summed E-state index contributed by atoms with van der Waals surface area (Å²) in [6.45, 7) is 0. The monoisotopic (exact) mass is 342 g/mol. The molecule has 0 bridgehead atoms. The maximum atomic E-state index is 13.6. The van der Waals surface area contributed by atoms with Crippen LogP contribution in [0.1, 0.15) is 21.5 Å². The number of benzene rings is 2. The Bertz CT molecular complexity index is 908. The third-order valence-corrected chi connectivity index (χ3v) is 3.88. The number of aromatic amines is 1. The zero-order valence-electron chi connectivity index (χ0n) is 10.7. The van der Waals surface area contributed by atoms with Gasteiger partial charge in [-0.25, -0.2) is 4.39 Å². The van der Waals surface area contributed by atoms with Gasteiger partial charge in [-0.15, -0.1) is 0 Å². The number of carbonyl (C=O) groups is 1. The predicted molar refractivity (Wildman–Crippen MR) is 80.5 cm³/mol. The average Bonchev–Trinajstić information content (AvgIpc) is 2.92. The maximum absolute atomic E-state index is 13.6. The van der Waals surface area contributed by atoms with Gasteiger partial charge in [-0.3, -0.25) is 4.79 Å². The Hall–Kier alpha value is -2.45. The van der Waals surface area contributed by atoms with Crippen molar-refractivity contribution >= 4 is 32.6 Å². The summed E-state index contributed by atoms with van der Waals surface area (Å²) >= 11 is 3.06. The molecule has 3 nitrogen and oxygen atoms in total. The summed E-state index contributed by atoms with van der Waals surface area (Å²) in [6, 6.07) is 11.4. The third kappa shape index (κ3) is 2.34. The van der Waals surface area contributed by atoms with Gasteiger partial charge in [0.2, 0.25) is 0 Å². The molecule has 0 aliphatic carbocycles. The van der Waals surface area contributed by atoms with Crippen LogP contribution in [-0.2, 0) is 0 Å². The number of rotatable bonds is 2. The van der Waals surface area contributed by atoms with Crippen LogP contribution in [0.4, 0.5) is 4.39 Å².